The molecule has 1 saturated heterocycles. The summed E-state index contributed by atoms with van der Waals surface area (Å²) in [5, 5.41) is 2.99. The third-order valence-electron chi connectivity index (χ3n) is 4.61. The molecule has 3 aromatic rings. The van der Waals surface area contributed by atoms with Crippen LogP contribution in [0.1, 0.15) is 35.4 Å². The van der Waals surface area contributed by atoms with Gasteiger partial charge in [0.05, 0.1) is 32.3 Å². The quantitative estimate of drug-likeness (QED) is 0.649. The molecule has 0 aliphatic carbocycles. The van der Waals surface area contributed by atoms with Crippen LogP contribution in [-0.2, 0) is 17.8 Å². The average Bonchev–Trinajstić information content (AvgIpc) is 3.19. The van der Waals surface area contributed by atoms with Crippen LogP contribution in [0.4, 0.5) is 0 Å². The predicted molar refractivity (Wildman–Crippen MR) is 107 cm³/mol. The number of halogens is 1. The van der Waals surface area contributed by atoms with Crippen molar-refractivity contribution in [3.63, 3.8) is 0 Å². The molecule has 0 radical (unpaired) electrons. The second-order valence-corrected chi connectivity index (χ2v) is 8.90. The third-order valence-corrected chi connectivity index (χ3v) is 6.18. The van der Waals surface area contributed by atoms with Crippen molar-refractivity contribution in [2.24, 2.45) is 0 Å². The second kappa shape index (κ2) is 7.90. The predicted octanol–water partition coefficient (Wildman–Crippen LogP) is 4.36. The molecule has 1 aliphatic heterocycles. The van der Waals surface area contributed by atoms with Crippen LogP contribution in [0.2, 0.25) is 0 Å². The fourth-order valence-corrected chi connectivity index (χ4v) is 4.88. The molecule has 1 aliphatic rings. The van der Waals surface area contributed by atoms with E-state index in [1.807, 2.05) is 24.3 Å². The number of aromatic nitrogens is 2. The maximum absolute atomic E-state index is 12.8. The fraction of sp³-hybridized carbons (Fsp3) is 0.368. The zero-order chi connectivity index (χ0) is 17.9. The average molecular weight is 434 g/mol. The summed E-state index contributed by atoms with van der Waals surface area (Å²) in [6, 6.07) is 9.75. The maximum Gasteiger partial charge on any atom is 0.268 e. The zero-order valence-corrected chi connectivity index (χ0v) is 16.7. The number of thiophene rings is 1. The molecule has 3 aromatic heterocycles. The summed E-state index contributed by atoms with van der Waals surface area (Å²) in [6.07, 6.45) is 5.25. The van der Waals surface area contributed by atoms with Crippen molar-refractivity contribution in [1.82, 2.24) is 14.9 Å². The number of rotatable bonds is 5. The first-order valence-electron chi connectivity index (χ1n) is 8.79. The number of ether oxygens (including phenoxy) is 1. The van der Waals surface area contributed by atoms with Crippen LogP contribution < -0.4 is 5.32 Å². The smallest absolute Gasteiger partial charge is 0.268 e. The molecular weight excluding hydrogens is 414 g/mol. The van der Waals surface area contributed by atoms with Crippen molar-refractivity contribution in [2.75, 3.05) is 6.61 Å². The first-order valence-corrected chi connectivity index (χ1v) is 10.4. The lowest BCUT2D eigenvalue weighted by Crippen LogP contribution is -2.29. The lowest BCUT2D eigenvalue weighted by atomic mass is 10.1. The van der Waals surface area contributed by atoms with Crippen LogP contribution in [0.3, 0.4) is 0 Å². The number of amides is 1. The molecule has 4 heterocycles. The first-order chi connectivity index (χ1) is 12.7. The molecule has 1 atom stereocenters. The number of pyridine rings is 1. The third kappa shape index (κ3) is 3.84. The van der Waals surface area contributed by atoms with Crippen LogP contribution in [0.15, 0.2) is 40.3 Å². The van der Waals surface area contributed by atoms with Gasteiger partial charge in [-0.25, -0.2) is 0 Å². The molecule has 0 spiro atoms. The highest BCUT2D eigenvalue weighted by Gasteiger charge is 2.22. The fourth-order valence-electron chi connectivity index (χ4n) is 3.32. The van der Waals surface area contributed by atoms with E-state index in [1.54, 1.807) is 17.5 Å². The van der Waals surface area contributed by atoms with E-state index in [9.17, 15) is 4.79 Å². The number of hydrogen-bond acceptors (Lipinski definition) is 4. The summed E-state index contributed by atoms with van der Waals surface area (Å²) >= 11 is 5.19. The molecule has 136 valence electrons. The van der Waals surface area contributed by atoms with Crippen LogP contribution in [0.5, 0.6) is 0 Å². The van der Waals surface area contributed by atoms with Crippen molar-refractivity contribution >= 4 is 43.4 Å². The summed E-state index contributed by atoms with van der Waals surface area (Å²) in [5.41, 5.74) is 2.61. The highest BCUT2D eigenvalue weighted by molar-refractivity contribution is 9.11. The van der Waals surface area contributed by atoms with Crippen molar-refractivity contribution < 1.29 is 9.53 Å². The molecule has 1 unspecified atom stereocenters. The maximum atomic E-state index is 12.8. The normalized spacial score (nSPS) is 17.5. The molecule has 0 aromatic carbocycles. The van der Waals surface area contributed by atoms with Crippen molar-refractivity contribution in [3.8, 4) is 0 Å². The zero-order valence-electron chi connectivity index (χ0n) is 14.3. The van der Waals surface area contributed by atoms with Crippen molar-refractivity contribution in [2.45, 2.75) is 38.5 Å². The van der Waals surface area contributed by atoms with Gasteiger partial charge in [0.15, 0.2) is 0 Å². The Balaban J connectivity index is 1.57. The SMILES string of the molecule is O=C(NCc1ccccn1)c1cc2sc(Br)cc2n1CC1CCCCO1. The van der Waals surface area contributed by atoms with Gasteiger partial charge >= 0.3 is 0 Å². The van der Waals surface area contributed by atoms with Gasteiger partial charge < -0.3 is 14.6 Å². The molecule has 1 amide bonds. The van der Waals surface area contributed by atoms with E-state index in [-0.39, 0.29) is 12.0 Å². The molecule has 4 rings (SSSR count). The Kier molecular flexibility index (Phi) is 5.38. The molecule has 7 heteroatoms. The number of fused-ring (bicyclic) bond motifs is 1. The van der Waals surface area contributed by atoms with Gasteiger partial charge in [-0.2, -0.15) is 0 Å². The van der Waals surface area contributed by atoms with E-state index in [2.05, 4.69) is 36.9 Å². The van der Waals surface area contributed by atoms with Crippen molar-refractivity contribution in [1.29, 1.82) is 0 Å². The van der Waals surface area contributed by atoms with E-state index < -0.39 is 0 Å². The Labute approximate surface area is 164 Å². The van der Waals surface area contributed by atoms with E-state index in [4.69, 9.17) is 4.74 Å². The summed E-state index contributed by atoms with van der Waals surface area (Å²) in [7, 11) is 0. The minimum atomic E-state index is -0.0778. The number of hydrogen-bond donors (Lipinski definition) is 1. The van der Waals surface area contributed by atoms with Crippen LogP contribution in [0.25, 0.3) is 10.2 Å². The monoisotopic (exact) mass is 433 g/mol. The van der Waals surface area contributed by atoms with E-state index in [0.29, 0.717) is 18.8 Å². The Morgan fingerprint density at radius 2 is 2.31 bits per heavy atom. The largest absolute Gasteiger partial charge is 0.376 e. The molecular formula is C19H20BrN3O2S. The second-order valence-electron chi connectivity index (χ2n) is 6.43. The molecule has 5 nitrogen and oxygen atoms in total. The first kappa shape index (κ1) is 17.7. The van der Waals surface area contributed by atoms with Gasteiger partial charge in [0.1, 0.15) is 5.69 Å². The summed E-state index contributed by atoms with van der Waals surface area (Å²) < 4.78 is 10.2. The van der Waals surface area contributed by atoms with Gasteiger partial charge in [-0.05, 0) is 59.5 Å². The Morgan fingerprint density at radius 3 is 3.08 bits per heavy atom. The standard InChI is InChI=1S/C19H20BrN3O2S/c20-18-10-15-17(26-18)9-16(23(15)12-14-6-2-4-8-25-14)19(24)22-11-13-5-1-3-7-21-13/h1,3,5,7,9-10,14H,2,4,6,8,11-12H2,(H,22,24). The van der Waals surface area contributed by atoms with E-state index in [0.717, 1.165) is 39.1 Å². The van der Waals surface area contributed by atoms with Crippen LogP contribution >= 0.6 is 27.3 Å². The van der Waals surface area contributed by atoms with Gasteiger partial charge in [0, 0.05) is 19.3 Å². The topological polar surface area (TPSA) is 56.2 Å². The van der Waals surface area contributed by atoms with Gasteiger partial charge in [0.25, 0.3) is 5.91 Å². The molecule has 1 N–H and O–H groups in total. The van der Waals surface area contributed by atoms with Gasteiger partial charge in [-0.1, -0.05) is 6.07 Å². The Hall–Kier alpha value is -1.70. The summed E-state index contributed by atoms with van der Waals surface area (Å²) in [4.78, 5) is 17.1. The Morgan fingerprint density at radius 1 is 1.38 bits per heavy atom. The van der Waals surface area contributed by atoms with Gasteiger partial charge in [-0.3, -0.25) is 9.78 Å². The molecule has 26 heavy (non-hydrogen) atoms. The number of nitrogens with one attached hydrogen (secondary N) is 1. The molecule has 1 fully saturated rings. The van der Waals surface area contributed by atoms with Crippen molar-refractivity contribution in [3.05, 3.63) is 51.7 Å². The van der Waals surface area contributed by atoms with Crippen LogP contribution in [0, 0.1) is 0 Å². The minimum absolute atomic E-state index is 0.0778. The molecule has 0 bridgehead atoms. The minimum Gasteiger partial charge on any atom is -0.376 e. The van der Waals surface area contributed by atoms with E-state index in [1.165, 1.54) is 6.42 Å². The highest BCUT2D eigenvalue weighted by atomic mass is 79.9. The summed E-state index contributed by atoms with van der Waals surface area (Å²) in [6.45, 7) is 1.94. The Bertz CT molecular complexity index is 900. The van der Waals surface area contributed by atoms with Gasteiger partial charge in [0.2, 0.25) is 0 Å². The molecule has 0 saturated carbocycles. The lowest BCUT2D eigenvalue weighted by Gasteiger charge is -2.24. The highest BCUT2D eigenvalue weighted by Crippen LogP contribution is 2.33. The number of carbonyl (C=O) groups is 1. The number of carbonyl (C=O) groups excluding carboxylic acids is 1. The van der Waals surface area contributed by atoms with Crippen LogP contribution in [-0.4, -0.2) is 28.2 Å². The number of nitrogens with zero attached hydrogens (tertiary/aromatic N) is 2. The summed E-state index contributed by atoms with van der Waals surface area (Å²) in [5.74, 6) is -0.0778. The lowest BCUT2D eigenvalue weighted by molar-refractivity contribution is 0.00637. The van der Waals surface area contributed by atoms with Gasteiger partial charge in [-0.15, -0.1) is 11.3 Å². The van der Waals surface area contributed by atoms with E-state index >= 15 is 0 Å².